The van der Waals surface area contributed by atoms with Gasteiger partial charge in [0, 0.05) is 6.04 Å². The van der Waals surface area contributed by atoms with Crippen LogP contribution < -0.4 is 5.32 Å². The summed E-state index contributed by atoms with van der Waals surface area (Å²) < 4.78 is 1.47. The zero-order valence-corrected chi connectivity index (χ0v) is 11.5. The van der Waals surface area contributed by atoms with Gasteiger partial charge in [0.2, 0.25) is 11.2 Å². The summed E-state index contributed by atoms with van der Waals surface area (Å²) in [6.45, 7) is 0. The standard InChI is InChI=1S/C12H14ClN7/c13-10-17-11(16-9-4-7-1-2-8(9)3-7)19-12(18-10)20-6-14-5-15-20/h5-9H,1-4H2,(H,16,17,18,19). The van der Waals surface area contributed by atoms with E-state index >= 15 is 0 Å². The van der Waals surface area contributed by atoms with Crippen molar-refractivity contribution in [2.75, 3.05) is 5.32 Å². The minimum atomic E-state index is 0.163. The first-order chi connectivity index (χ1) is 9.78. The zero-order valence-electron chi connectivity index (χ0n) is 10.8. The maximum absolute atomic E-state index is 5.97. The normalized spacial score (nSPS) is 27.9. The molecule has 2 saturated carbocycles. The molecular weight excluding hydrogens is 278 g/mol. The van der Waals surface area contributed by atoms with Crippen LogP contribution in [0.2, 0.25) is 5.28 Å². The van der Waals surface area contributed by atoms with Crippen molar-refractivity contribution >= 4 is 17.5 Å². The number of nitrogens with one attached hydrogen (secondary N) is 1. The van der Waals surface area contributed by atoms with Crippen molar-refractivity contribution in [2.24, 2.45) is 11.8 Å². The van der Waals surface area contributed by atoms with Crippen LogP contribution >= 0.6 is 11.6 Å². The number of anilines is 1. The van der Waals surface area contributed by atoms with E-state index in [4.69, 9.17) is 11.6 Å². The van der Waals surface area contributed by atoms with Gasteiger partial charge in [0.1, 0.15) is 12.7 Å². The quantitative estimate of drug-likeness (QED) is 0.927. The van der Waals surface area contributed by atoms with Crippen molar-refractivity contribution in [3.8, 4) is 5.95 Å². The average Bonchev–Trinajstić information content (AvgIpc) is 3.16. The molecule has 0 saturated heterocycles. The third-order valence-electron chi connectivity index (χ3n) is 4.27. The highest BCUT2D eigenvalue weighted by atomic mass is 35.5. The van der Waals surface area contributed by atoms with Gasteiger partial charge in [-0.3, -0.25) is 0 Å². The minimum Gasteiger partial charge on any atom is -0.351 e. The molecule has 8 heteroatoms. The van der Waals surface area contributed by atoms with E-state index in [1.54, 1.807) is 0 Å². The lowest BCUT2D eigenvalue weighted by atomic mass is 9.95. The lowest BCUT2D eigenvalue weighted by Gasteiger charge is -2.22. The van der Waals surface area contributed by atoms with Crippen LogP contribution in [0.25, 0.3) is 5.95 Å². The summed E-state index contributed by atoms with van der Waals surface area (Å²) in [4.78, 5) is 16.5. The molecule has 2 aliphatic carbocycles. The molecule has 7 nitrogen and oxygen atoms in total. The molecule has 3 atom stereocenters. The Morgan fingerprint density at radius 1 is 1.20 bits per heavy atom. The predicted octanol–water partition coefficient (Wildman–Crippen LogP) is 1.71. The van der Waals surface area contributed by atoms with E-state index in [0.717, 1.165) is 11.8 Å². The SMILES string of the molecule is Clc1nc(NC2CC3CCC2C3)nc(-n2cncn2)n1. The highest BCUT2D eigenvalue weighted by molar-refractivity contribution is 6.28. The van der Waals surface area contributed by atoms with Crippen LogP contribution in [-0.4, -0.2) is 35.8 Å². The Kier molecular flexibility index (Phi) is 2.80. The van der Waals surface area contributed by atoms with Gasteiger partial charge in [-0.15, -0.1) is 0 Å². The number of aromatic nitrogens is 6. The molecule has 2 heterocycles. The Morgan fingerprint density at radius 3 is 2.85 bits per heavy atom. The molecule has 0 spiro atoms. The molecule has 0 aliphatic heterocycles. The van der Waals surface area contributed by atoms with E-state index in [2.05, 4.69) is 30.4 Å². The molecule has 4 rings (SSSR count). The van der Waals surface area contributed by atoms with Gasteiger partial charge in [-0.2, -0.15) is 24.7 Å². The number of fused-ring (bicyclic) bond motifs is 2. The predicted molar refractivity (Wildman–Crippen MR) is 72.6 cm³/mol. The van der Waals surface area contributed by atoms with Crippen LogP contribution in [-0.2, 0) is 0 Å². The Bertz CT molecular complexity index is 614. The summed E-state index contributed by atoms with van der Waals surface area (Å²) in [7, 11) is 0. The van der Waals surface area contributed by atoms with E-state index in [0.29, 0.717) is 17.9 Å². The summed E-state index contributed by atoms with van der Waals surface area (Å²) in [5, 5.41) is 7.58. The van der Waals surface area contributed by atoms with Crippen LogP contribution in [0.4, 0.5) is 5.95 Å². The van der Waals surface area contributed by atoms with E-state index in [1.165, 1.54) is 43.0 Å². The van der Waals surface area contributed by atoms with Crippen molar-refractivity contribution in [1.29, 1.82) is 0 Å². The largest absolute Gasteiger partial charge is 0.351 e. The van der Waals surface area contributed by atoms with Gasteiger partial charge < -0.3 is 5.32 Å². The smallest absolute Gasteiger partial charge is 0.258 e. The molecule has 3 unspecified atom stereocenters. The highest BCUT2D eigenvalue weighted by Crippen LogP contribution is 2.45. The van der Waals surface area contributed by atoms with E-state index in [1.807, 2.05) is 0 Å². The van der Waals surface area contributed by atoms with Gasteiger partial charge in [-0.1, -0.05) is 6.42 Å². The van der Waals surface area contributed by atoms with Crippen molar-refractivity contribution < 1.29 is 0 Å². The third kappa shape index (κ3) is 2.11. The summed E-state index contributed by atoms with van der Waals surface area (Å²) in [5.74, 6) is 2.51. The Balaban J connectivity index is 1.59. The Labute approximate surface area is 120 Å². The maximum atomic E-state index is 5.97. The highest BCUT2D eigenvalue weighted by Gasteiger charge is 2.39. The molecule has 0 aromatic carbocycles. The van der Waals surface area contributed by atoms with E-state index in [9.17, 15) is 0 Å². The fourth-order valence-corrected chi connectivity index (χ4v) is 3.56. The number of rotatable bonds is 3. The van der Waals surface area contributed by atoms with Crippen LogP contribution in [0.5, 0.6) is 0 Å². The minimum absolute atomic E-state index is 0.163. The number of hydrogen-bond acceptors (Lipinski definition) is 6. The topological polar surface area (TPSA) is 81.4 Å². The van der Waals surface area contributed by atoms with Crippen molar-refractivity contribution in [3.63, 3.8) is 0 Å². The van der Waals surface area contributed by atoms with Gasteiger partial charge in [0.25, 0.3) is 5.95 Å². The summed E-state index contributed by atoms with van der Waals surface area (Å²) in [6.07, 6.45) is 8.16. The summed E-state index contributed by atoms with van der Waals surface area (Å²) >= 11 is 5.97. The molecule has 0 radical (unpaired) electrons. The first kappa shape index (κ1) is 12.0. The molecule has 1 N–H and O–H groups in total. The number of nitrogens with zero attached hydrogens (tertiary/aromatic N) is 6. The van der Waals surface area contributed by atoms with Gasteiger partial charge in [0.15, 0.2) is 0 Å². The van der Waals surface area contributed by atoms with Crippen LogP contribution in [0, 0.1) is 11.8 Å². The fraction of sp³-hybridized carbons (Fsp3) is 0.583. The number of halogens is 1. The monoisotopic (exact) mass is 291 g/mol. The summed E-state index contributed by atoms with van der Waals surface area (Å²) in [6, 6.07) is 0.454. The second-order valence-corrected chi connectivity index (χ2v) is 5.83. The summed E-state index contributed by atoms with van der Waals surface area (Å²) in [5.41, 5.74) is 0. The average molecular weight is 292 g/mol. The van der Waals surface area contributed by atoms with E-state index in [-0.39, 0.29) is 5.28 Å². The molecule has 2 aromatic rings. The van der Waals surface area contributed by atoms with Crippen molar-refractivity contribution in [1.82, 2.24) is 29.7 Å². The lowest BCUT2D eigenvalue weighted by Crippen LogP contribution is -2.27. The van der Waals surface area contributed by atoms with Crippen molar-refractivity contribution in [2.45, 2.75) is 31.7 Å². The molecule has 0 amide bonds. The lowest BCUT2D eigenvalue weighted by molar-refractivity contribution is 0.437. The van der Waals surface area contributed by atoms with Gasteiger partial charge in [-0.25, -0.2) is 4.98 Å². The second kappa shape index (κ2) is 4.66. The van der Waals surface area contributed by atoms with Gasteiger partial charge in [0.05, 0.1) is 0 Å². The first-order valence-corrected chi connectivity index (χ1v) is 7.19. The molecule has 2 bridgehead atoms. The van der Waals surface area contributed by atoms with Crippen LogP contribution in [0.1, 0.15) is 25.7 Å². The fourth-order valence-electron chi connectivity index (χ4n) is 3.41. The maximum Gasteiger partial charge on any atom is 0.258 e. The molecule has 2 fully saturated rings. The molecule has 20 heavy (non-hydrogen) atoms. The number of hydrogen-bond donors (Lipinski definition) is 1. The molecular formula is C12H14ClN7. The van der Waals surface area contributed by atoms with Gasteiger partial charge in [-0.05, 0) is 42.7 Å². The van der Waals surface area contributed by atoms with Gasteiger partial charge >= 0.3 is 0 Å². The Hall–Kier alpha value is -1.76. The molecule has 104 valence electrons. The second-order valence-electron chi connectivity index (χ2n) is 5.49. The zero-order chi connectivity index (χ0) is 13.5. The van der Waals surface area contributed by atoms with Crippen LogP contribution in [0.15, 0.2) is 12.7 Å². The molecule has 2 aliphatic rings. The van der Waals surface area contributed by atoms with E-state index < -0.39 is 0 Å². The van der Waals surface area contributed by atoms with Crippen LogP contribution in [0.3, 0.4) is 0 Å². The van der Waals surface area contributed by atoms with Crippen molar-refractivity contribution in [3.05, 3.63) is 17.9 Å². The molecule has 2 aromatic heterocycles. The Morgan fingerprint density at radius 2 is 2.15 bits per heavy atom. The third-order valence-corrected chi connectivity index (χ3v) is 4.44. The first-order valence-electron chi connectivity index (χ1n) is 6.81.